The Balaban J connectivity index is 2.08. The molecule has 0 saturated carbocycles. The number of aromatic nitrogens is 1. The Morgan fingerprint density at radius 3 is 2.74 bits per heavy atom. The summed E-state index contributed by atoms with van der Waals surface area (Å²) >= 11 is 0. The van der Waals surface area contributed by atoms with E-state index in [0.717, 1.165) is 11.3 Å². The van der Waals surface area contributed by atoms with Crippen molar-refractivity contribution in [2.45, 2.75) is 19.4 Å². The number of rotatable bonds is 6. The number of likely N-dealkylation sites (N-methyl/N-ethyl adjacent to an activating group) is 1. The molecule has 23 heavy (non-hydrogen) atoms. The highest BCUT2D eigenvalue weighted by Crippen LogP contribution is 2.24. The van der Waals surface area contributed by atoms with E-state index in [4.69, 9.17) is 9.26 Å². The summed E-state index contributed by atoms with van der Waals surface area (Å²) in [6.07, 6.45) is 0. The van der Waals surface area contributed by atoms with Crippen LogP contribution in [0.4, 0.5) is 0 Å². The number of carbonyl (C=O) groups is 1. The second-order valence-electron chi connectivity index (χ2n) is 6.20. The average Bonchev–Trinajstić information content (AvgIpc) is 3.02. The van der Waals surface area contributed by atoms with Crippen molar-refractivity contribution >= 4 is 5.91 Å². The summed E-state index contributed by atoms with van der Waals surface area (Å²) in [6, 6.07) is 9.04. The fraction of sp³-hybridized carbons (Fsp3) is 0.412. The Kier molecular flexibility index (Phi) is 5.05. The summed E-state index contributed by atoms with van der Waals surface area (Å²) in [5, 5.41) is 6.73. The predicted octanol–water partition coefficient (Wildman–Crippen LogP) is 2.42. The zero-order valence-corrected chi connectivity index (χ0v) is 14.2. The van der Waals surface area contributed by atoms with Gasteiger partial charge >= 0.3 is 0 Å². The number of benzene rings is 1. The third-order valence-electron chi connectivity index (χ3n) is 3.99. The summed E-state index contributed by atoms with van der Waals surface area (Å²) in [5.41, 5.74) is 0.927. The molecule has 0 fully saturated rings. The van der Waals surface area contributed by atoms with Crippen molar-refractivity contribution in [1.29, 1.82) is 0 Å². The third-order valence-corrected chi connectivity index (χ3v) is 3.99. The van der Waals surface area contributed by atoms with Crippen molar-refractivity contribution in [3.05, 3.63) is 36.0 Å². The molecule has 1 amide bonds. The molecular formula is C17H23N3O3. The normalized spacial score (nSPS) is 11.6. The van der Waals surface area contributed by atoms with Crippen LogP contribution >= 0.6 is 0 Å². The van der Waals surface area contributed by atoms with Crippen LogP contribution in [0.15, 0.2) is 34.9 Å². The summed E-state index contributed by atoms with van der Waals surface area (Å²) in [7, 11) is 5.55. The maximum Gasteiger partial charge on any atom is 0.273 e. The fourth-order valence-corrected chi connectivity index (χ4v) is 1.84. The van der Waals surface area contributed by atoms with Gasteiger partial charge in [-0.05, 0) is 40.1 Å². The Labute approximate surface area is 136 Å². The Bertz CT molecular complexity index is 677. The first kappa shape index (κ1) is 17.0. The van der Waals surface area contributed by atoms with Gasteiger partial charge in [-0.2, -0.15) is 0 Å². The van der Waals surface area contributed by atoms with E-state index in [0.29, 0.717) is 12.3 Å². The van der Waals surface area contributed by atoms with Gasteiger partial charge < -0.3 is 19.5 Å². The van der Waals surface area contributed by atoms with Crippen LogP contribution in [0.5, 0.6) is 5.75 Å². The number of nitrogens with zero attached hydrogens (tertiary/aromatic N) is 2. The molecule has 0 aliphatic heterocycles. The van der Waals surface area contributed by atoms with Gasteiger partial charge in [-0.25, -0.2) is 0 Å². The van der Waals surface area contributed by atoms with Gasteiger partial charge in [0.2, 0.25) is 0 Å². The second-order valence-corrected chi connectivity index (χ2v) is 6.20. The van der Waals surface area contributed by atoms with Gasteiger partial charge in [0.05, 0.1) is 7.11 Å². The highest BCUT2D eigenvalue weighted by atomic mass is 16.5. The molecule has 1 heterocycles. The zero-order valence-electron chi connectivity index (χ0n) is 14.2. The van der Waals surface area contributed by atoms with Crippen molar-refractivity contribution < 1.29 is 14.1 Å². The number of amides is 1. The molecule has 6 nitrogen and oxygen atoms in total. The van der Waals surface area contributed by atoms with E-state index in [9.17, 15) is 4.79 Å². The van der Waals surface area contributed by atoms with Crippen LogP contribution in [0.2, 0.25) is 0 Å². The quantitative estimate of drug-likeness (QED) is 0.886. The molecule has 1 aromatic carbocycles. The van der Waals surface area contributed by atoms with Gasteiger partial charge in [0.25, 0.3) is 5.91 Å². The van der Waals surface area contributed by atoms with Crippen molar-refractivity contribution in [3.63, 3.8) is 0 Å². The number of methoxy groups -OCH3 is 1. The van der Waals surface area contributed by atoms with Crippen molar-refractivity contribution in [2.24, 2.45) is 0 Å². The lowest BCUT2D eigenvalue weighted by Gasteiger charge is -2.32. The van der Waals surface area contributed by atoms with Crippen LogP contribution in [0.25, 0.3) is 11.3 Å². The van der Waals surface area contributed by atoms with Gasteiger partial charge in [0.15, 0.2) is 11.5 Å². The number of nitrogens with one attached hydrogen (secondary N) is 1. The largest absolute Gasteiger partial charge is 0.497 e. The number of hydrogen-bond donors (Lipinski definition) is 1. The minimum Gasteiger partial charge on any atom is -0.497 e. The van der Waals surface area contributed by atoms with Crippen LogP contribution in [-0.4, -0.2) is 49.3 Å². The van der Waals surface area contributed by atoms with Gasteiger partial charge in [0, 0.05) is 23.7 Å². The maximum atomic E-state index is 12.2. The van der Waals surface area contributed by atoms with Crippen molar-refractivity contribution in [3.8, 4) is 17.1 Å². The van der Waals surface area contributed by atoms with Crippen molar-refractivity contribution in [1.82, 2.24) is 15.4 Å². The van der Waals surface area contributed by atoms with Gasteiger partial charge in [0.1, 0.15) is 5.75 Å². The Hall–Kier alpha value is -2.34. The minimum absolute atomic E-state index is 0.144. The summed E-state index contributed by atoms with van der Waals surface area (Å²) in [4.78, 5) is 14.3. The molecule has 0 atom stereocenters. The van der Waals surface area contributed by atoms with Crippen molar-refractivity contribution in [2.75, 3.05) is 27.7 Å². The highest BCUT2D eigenvalue weighted by Gasteiger charge is 2.22. The van der Waals surface area contributed by atoms with Crippen LogP contribution in [0.1, 0.15) is 24.3 Å². The smallest absolute Gasteiger partial charge is 0.273 e. The molecule has 0 radical (unpaired) electrons. The molecule has 0 spiro atoms. The summed E-state index contributed by atoms with van der Waals surface area (Å²) in [5.74, 6) is 0.997. The molecular weight excluding hydrogens is 294 g/mol. The Morgan fingerprint density at radius 1 is 1.35 bits per heavy atom. The van der Waals surface area contributed by atoms with E-state index in [2.05, 4.69) is 29.2 Å². The first-order valence-corrected chi connectivity index (χ1v) is 7.40. The van der Waals surface area contributed by atoms with Crippen LogP contribution in [-0.2, 0) is 0 Å². The van der Waals surface area contributed by atoms with E-state index in [1.807, 2.05) is 38.4 Å². The lowest BCUT2D eigenvalue weighted by Crippen LogP contribution is -2.48. The van der Waals surface area contributed by atoms with Gasteiger partial charge in [-0.15, -0.1) is 0 Å². The molecule has 0 bridgehead atoms. The number of hydrogen-bond acceptors (Lipinski definition) is 5. The standard InChI is InChI=1S/C17H23N3O3/c1-17(2,20(3)4)11-18-16(21)14-10-15(23-19-14)12-7-6-8-13(9-12)22-5/h6-10H,11H2,1-5H3,(H,18,21). The SMILES string of the molecule is COc1cccc(-c2cc(C(=O)NCC(C)(C)N(C)C)no2)c1. The molecule has 0 unspecified atom stereocenters. The molecule has 0 aliphatic carbocycles. The van der Waals surface area contributed by atoms with E-state index in [1.54, 1.807) is 13.2 Å². The summed E-state index contributed by atoms with van der Waals surface area (Å²) in [6.45, 7) is 4.62. The molecule has 0 saturated heterocycles. The first-order valence-electron chi connectivity index (χ1n) is 7.40. The lowest BCUT2D eigenvalue weighted by atomic mass is 10.0. The van der Waals surface area contributed by atoms with Crippen LogP contribution < -0.4 is 10.1 Å². The second kappa shape index (κ2) is 6.83. The fourth-order valence-electron chi connectivity index (χ4n) is 1.84. The first-order chi connectivity index (χ1) is 10.8. The average molecular weight is 317 g/mol. The molecule has 6 heteroatoms. The monoisotopic (exact) mass is 317 g/mol. The molecule has 0 aliphatic rings. The topological polar surface area (TPSA) is 67.6 Å². The lowest BCUT2D eigenvalue weighted by molar-refractivity contribution is 0.0911. The minimum atomic E-state index is -0.252. The third kappa shape index (κ3) is 4.10. The zero-order chi connectivity index (χ0) is 17.0. The number of ether oxygens (including phenoxy) is 1. The predicted molar refractivity (Wildman–Crippen MR) is 88.6 cm³/mol. The van der Waals surface area contributed by atoms with Crippen LogP contribution in [0.3, 0.4) is 0 Å². The molecule has 1 aromatic heterocycles. The molecule has 2 rings (SSSR count). The van der Waals surface area contributed by atoms with Gasteiger partial charge in [-0.3, -0.25) is 4.79 Å². The van der Waals surface area contributed by atoms with Gasteiger partial charge in [-0.1, -0.05) is 17.3 Å². The highest BCUT2D eigenvalue weighted by molar-refractivity contribution is 5.93. The Morgan fingerprint density at radius 2 is 2.09 bits per heavy atom. The number of carbonyl (C=O) groups excluding carboxylic acids is 1. The maximum absolute atomic E-state index is 12.2. The molecule has 2 aromatic rings. The van der Waals surface area contributed by atoms with E-state index in [-0.39, 0.29) is 17.1 Å². The van der Waals surface area contributed by atoms with E-state index < -0.39 is 0 Å². The van der Waals surface area contributed by atoms with E-state index >= 15 is 0 Å². The molecule has 124 valence electrons. The molecule has 1 N–H and O–H groups in total. The summed E-state index contributed by atoms with van der Waals surface area (Å²) < 4.78 is 10.5. The van der Waals surface area contributed by atoms with Crippen LogP contribution in [0, 0.1) is 0 Å². The van der Waals surface area contributed by atoms with E-state index in [1.165, 1.54) is 0 Å².